The first-order chi connectivity index (χ1) is 6.19. The fraction of sp³-hybridized carbons (Fsp3) is 0.833. The Morgan fingerprint density at radius 2 is 2.00 bits per heavy atom. The first kappa shape index (κ1) is 13.3. The van der Waals surface area contributed by atoms with Crippen molar-refractivity contribution in [2.45, 2.75) is 19.0 Å². The van der Waals surface area contributed by atoms with E-state index in [1.165, 1.54) is 0 Å². The summed E-state index contributed by atoms with van der Waals surface area (Å²) in [5.41, 5.74) is 9.23. The molecule has 0 atom stereocenters. The topological polar surface area (TPSA) is 136 Å². The second-order valence-electron chi connectivity index (χ2n) is 2.94. The molecule has 0 spiro atoms. The van der Waals surface area contributed by atoms with Crippen LogP contribution in [0.3, 0.4) is 0 Å². The molecule has 8 heteroatoms. The van der Waals surface area contributed by atoms with E-state index in [1.54, 1.807) is 6.92 Å². The summed E-state index contributed by atoms with van der Waals surface area (Å²) >= 11 is 0. The lowest BCUT2D eigenvalue weighted by atomic mass is 10.1. The van der Waals surface area contributed by atoms with Crippen molar-refractivity contribution in [2.75, 3.05) is 12.3 Å². The number of carbonyl (C=O) groups excluding carboxylic acids is 1. The Morgan fingerprint density at radius 1 is 1.50 bits per heavy atom. The Balaban J connectivity index is 3.99. The first-order valence-corrected chi connectivity index (χ1v) is 5.61. The van der Waals surface area contributed by atoms with Gasteiger partial charge in [0.25, 0.3) is 16.0 Å². The molecule has 0 fully saturated rings. The fourth-order valence-corrected chi connectivity index (χ4v) is 0.979. The molecule has 0 aromatic heterocycles. The highest BCUT2D eigenvalue weighted by molar-refractivity contribution is 7.85. The van der Waals surface area contributed by atoms with Crippen LogP contribution in [0.2, 0.25) is 0 Å². The standard InChI is InChI=1S/C6H15N3O4S/c1-2-6(7,8)5(10)9-3-4-14(11,12)13/h2-4,7-8H2,1H3,(H,9,10)(H,11,12,13). The predicted octanol–water partition coefficient (Wildman–Crippen LogP) is -1.99. The molecule has 0 aliphatic heterocycles. The SMILES string of the molecule is CCC(N)(N)C(=O)NCCS(=O)(=O)O. The number of amides is 1. The van der Waals surface area contributed by atoms with Gasteiger partial charge in [0.2, 0.25) is 0 Å². The van der Waals surface area contributed by atoms with Crippen LogP contribution in [-0.2, 0) is 14.9 Å². The van der Waals surface area contributed by atoms with Crippen molar-refractivity contribution in [3.63, 3.8) is 0 Å². The Labute approximate surface area is 82.6 Å². The van der Waals surface area contributed by atoms with Gasteiger partial charge in [-0.25, -0.2) is 0 Å². The number of hydrogen-bond acceptors (Lipinski definition) is 5. The van der Waals surface area contributed by atoms with Gasteiger partial charge in [0.1, 0.15) is 5.66 Å². The minimum absolute atomic E-state index is 0.214. The van der Waals surface area contributed by atoms with Crippen LogP contribution in [0, 0.1) is 0 Å². The lowest BCUT2D eigenvalue weighted by Crippen LogP contribution is -2.60. The highest BCUT2D eigenvalue weighted by atomic mass is 32.2. The Kier molecular flexibility index (Phi) is 4.46. The first-order valence-electron chi connectivity index (χ1n) is 4.00. The number of rotatable bonds is 5. The second kappa shape index (κ2) is 4.69. The molecule has 0 saturated carbocycles. The van der Waals surface area contributed by atoms with Crippen LogP contribution in [-0.4, -0.2) is 36.8 Å². The van der Waals surface area contributed by atoms with E-state index in [9.17, 15) is 13.2 Å². The van der Waals surface area contributed by atoms with Gasteiger partial charge in [-0.1, -0.05) is 6.92 Å². The third kappa shape index (κ3) is 5.12. The summed E-state index contributed by atoms with van der Waals surface area (Å²) in [4.78, 5) is 11.1. The van der Waals surface area contributed by atoms with E-state index in [0.29, 0.717) is 0 Å². The second-order valence-corrected chi connectivity index (χ2v) is 4.51. The lowest BCUT2D eigenvalue weighted by molar-refractivity contribution is -0.126. The minimum atomic E-state index is -4.07. The molecule has 1 amide bonds. The molecular formula is C6H15N3O4S. The maximum absolute atomic E-state index is 11.1. The van der Waals surface area contributed by atoms with Crippen molar-refractivity contribution in [3.05, 3.63) is 0 Å². The zero-order valence-corrected chi connectivity index (χ0v) is 8.67. The molecule has 6 N–H and O–H groups in total. The molecule has 0 aromatic rings. The molecule has 84 valence electrons. The van der Waals surface area contributed by atoms with E-state index >= 15 is 0 Å². The van der Waals surface area contributed by atoms with Crippen LogP contribution < -0.4 is 16.8 Å². The Hall–Kier alpha value is -0.700. The molecule has 0 unspecified atom stereocenters. The quantitative estimate of drug-likeness (QED) is 0.316. The maximum Gasteiger partial charge on any atom is 0.266 e. The summed E-state index contributed by atoms with van der Waals surface area (Å²) in [5, 5.41) is 2.20. The van der Waals surface area contributed by atoms with Gasteiger partial charge in [0.15, 0.2) is 0 Å². The van der Waals surface area contributed by atoms with Crippen LogP contribution in [0.15, 0.2) is 0 Å². The summed E-state index contributed by atoms with van der Waals surface area (Å²) in [7, 11) is -4.07. The maximum atomic E-state index is 11.1. The van der Waals surface area contributed by atoms with Gasteiger partial charge in [0, 0.05) is 6.54 Å². The Bertz CT molecular complexity index is 298. The van der Waals surface area contributed by atoms with Gasteiger partial charge in [-0.3, -0.25) is 9.35 Å². The molecule has 0 aliphatic rings. The monoisotopic (exact) mass is 225 g/mol. The molecule has 7 nitrogen and oxygen atoms in total. The van der Waals surface area contributed by atoms with Crippen LogP contribution in [0.5, 0.6) is 0 Å². The van der Waals surface area contributed by atoms with Crippen LogP contribution in [0.25, 0.3) is 0 Å². The van der Waals surface area contributed by atoms with Crippen molar-refractivity contribution in [3.8, 4) is 0 Å². The van der Waals surface area contributed by atoms with E-state index in [-0.39, 0.29) is 13.0 Å². The van der Waals surface area contributed by atoms with Gasteiger partial charge in [0.05, 0.1) is 5.75 Å². The van der Waals surface area contributed by atoms with E-state index in [2.05, 4.69) is 5.32 Å². The normalized spacial score (nSPS) is 12.6. The van der Waals surface area contributed by atoms with Crippen molar-refractivity contribution >= 4 is 16.0 Å². The molecule has 0 saturated heterocycles. The van der Waals surface area contributed by atoms with Crippen molar-refractivity contribution in [1.29, 1.82) is 0 Å². The fourth-order valence-electron chi connectivity index (χ4n) is 0.619. The van der Waals surface area contributed by atoms with Gasteiger partial charge in [-0.15, -0.1) is 0 Å². The predicted molar refractivity (Wildman–Crippen MR) is 50.8 cm³/mol. The van der Waals surface area contributed by atoms with E-state index in [4.69, 9.17) is 16.0 Å². The number of carbonyl (C=O) groups is 1. The van der Waals surface area contributed by atoms with Gasteiger partial charge >= 0.3 is 0 Å². The highest BCUT2D eigenvalue weighted by Crippen LogP contribution is 1.96. The molecule has 0 aromatic carbocycles. The summed E-state index contributed by atoms with van der Waals surface area (Å²) in [6, 6.07) is 0. The van der Waals surface area contributed by atoms with Crippen molar-refractivity contribution < 1.29 is 17.8 Å². The number of nitrogens with one attached hydrogen (secondary N) is 1. The number of nitrogens with two attached hydrogens (primary N) is 2. The Morgan fingerprint density at radius 3 is 2.36 bits per heavy atom. The third-order valence-electron chi connectivity index (χ3n) is 1.65. The zero-order valence-electron chi connectivity index (χ0n) is 7.86. The largest absolute Gasteiger partial charge is 0.352 e. The van der Waals surface area contributed by atoms with Gasteiger partial charge in [-0.05, 0) is 6.42 Å². The van der Waals surface area contributed by atoms with Gasteiger partial charge < -0.3 is 16.8 Å². The molecule has 0 bridgehead atoms. The smallest absolute Gasteiger partial charge is 0.266 e. The highest BCUT2D eigenvalue weighted by Gasteiger charge is 2.26. The zero-order chi connectivity index (χ0) is 11.4. The van der Waals surface area contributed by atoms with Gasteiger partial charge in [-0.2, -0.15) is 8.42 Å². The van der Waals surface area contributed by atoms with Crippen LogP contribution >= 0.6 is 0 Å². The summed E-state index contributed by atoms with van der Waals surface area (Å²) < 4.78 is 28.9. The average Bonchev–Trinajstić information content (AvgIpc) is 2.02. The summed E-state index contributed by atoms with van der Waals surface area (Å²) in [5.74, 6) is -1.21. The van der Waals surface area contributed by atoms with E-state index in [0.717, 1.165) is 0 Å². The average molecular weight is 225 g/mol. The number of hydrogen-bond donors (Lipinski definition) is 4. The lowest BCUT2D eigenvalue weighted by Gasteiger charge is -2.20. The van der Waals surface area contributed by atoms with Crippen LogP contribution in [0.4, 0.5) is 0 Å². The molecule has 0 rings (SSSR count). The molecule has 0 radical (unpaired) electrons. The molecule has 0 heterocycles. The third-order valence-corrected chi connectivity index (χ3v) is 2.37. The minimum Gasteiger partial charge on any atom is -0.352 e. The van der Waals surface area contributed by atoms with Crippen LogP contribution in [0.1, 0.15) is 13.3 Å². The van der Waals surface area contributed by atoms with E-state index < -0.39 is 27.4 Å². The molecule has 0 aliphatic carbocycles. The van der Waals surface area contributed by atoms with Crippen molar-refractivity contribution in [1.82, 2.24) is 5.32 Å². The molecule has 14 heavy (non-hydrogen) atoms. The summed E-state index contributed by atoms with van der Waals surface area (Å²) in [6.45, 7) is 1.41. The van der Waals surface area contributed by atoms with Crippen molar-refractivity contribution in [2.24, 2.45) is 11.5 Å². The van der Waals surface area contributed by atoms with E-state index in [1.807, 2.05) is 0 Å². The summed E-state index contributed by atoms with van der Waals surface area (Å²) in [6.07, 6.45) is 0.227. The molecular weight excluding hydrogens is 210 g/mol.